The van der Waals surface area contributed by atoms with Crippen molar-refractivity contribution in [2.75, 3.05) is 5.88 Å². The molecule has 0 spiro atoms. The van der Waals surface area contributed by atoms with Crippen molar-refractivity contribution in [2.24, 2.45) is 0 Å². The van der Waals surface area contributed by atoms with E-state index in [0.29, 0.717) is 15.9 Å². The van der Waals surface area contributed by atoms with Gasteiger partial charge in [-0.3, -0.25) is 0 Å². The zero-order valence-corrected chi connectivity index (χ0v) is 12.9. The van der Waals surface area contributed by atoms with Gasteiger partial charge in [0.15, 0.2) is 0 Å². The van der Waals surface area contributed by atoms with E-state index in [9.17, 15) is 0 Å². The summed E-state index contributed by atoms with van der Waals surface area (Å²) in [5.74, 6) is 0.836. The lowest BCUT2D eigenvalue weighted by atomic mass is 9.93. The number of aryl methyl sites for hydroxylation is 1. The molecular formula is C16H15Cl3. The number of benzene rings is 2. The van der Waals surface area contributed by atoms with Crippen LogP contribution in [0.2, 0.25) is 10.0 Å². The van der Waals surface area contributed by atoms with E-state index in [2.05, 4.69) is 31.2 Å². The Balaban J connectivity index is 2.21. The highest BCUT2D eigenvalue weighted by Gasteiger charge is 2.13. The Kier molecular flexibility index (Phi) is 5.15. The van der Waals surface area contributed by atoms with Crippen LogP contribution in [0.15, 0.2) is 42.5 Å². The largest absolute Gasteiger partial charge is 0.126 e. The van der Waals surface area contributed by atoms with Gasteiger partial charge in [0, 0.05) is 21.8 Å². The zero-order valence-electron chi connectivity index (χ0n) is 10.7. The molecule has 2 aromatic carbocycles. The number of rotatable bonds is 4. The van der Waals surface area contributed by atoms with E-state index in [4.69, 9.17) is 34.8 Å². The summed E-state index contributed by atoms with van der Waals surface area (Å²) in [6.45, 7) is 2.08. The summed E-state index contributed by atoms with van der Waals surface area (Å²) in [6.07, 6.45) is 0.822. The van der Waals surface area contributed by atoms with E-state index in [1.165, 1.54) is 11.1 Å². The van der Waals surface area contributed by atoms with E-state index in [1.807, 2.05) is 12.1 Å². The maximum atomic E-state index is 6.22. The van der Waals surface area contributed by atoms with Crippen LogP contribution >= 0.6 is 34.8 Å². The average molecular weight is 314 g/mol. The number of halogens is 3. The van der Waals surface area contributed by atoms with Crippen LogP contribution in [0.25, 0.3) is 0 Å². The molecule has 0 nitrogen and oxygen atoms in total. The van der Waals surface area contributed by atoms with Gasteiger partial charge in [-0.05, 0) is 36.6 Å². The first kappa shape index (κ1) is 14.7. The van der Waals surface area contributed by atoms with Crippen LogP contribution in [-0.2, 0) is 6.42 Å². The van der Waals surface area contributed by atoms with Gasteiger partial charge in [0.05, 0.1) is 0 Å². The third-order valence-electron chi connectivity index (χ3n) is 3.22. The fourth-order valence-electron chi connectivity index (χ4n) is 2.05. The Hall–Kier alpha value is -0.690. The molecule has 0 aromatic heterocycles. The molecule has 0 N–H and O–H groups in total. The summed E-state index contributed by atoms with van der Waals surface area (Å²) >= 11 is 18.2. The number of hydrogen-bond donors (Lipinski definition) is 0. The molecule has 1 atom stereocenters. The molecule has 19 heavy (non-hydrogen) atoms. The fraction of sp³-hybridized carbons (Fsp3) is 0.250. The number of hydrogen-bond acceptors (Lipinski definition) is 0. The fourth-order valence-corrected chi connectivity index (χ4v) is 2.83. The van der Waals surface area contributed by atoms with Gasteiger partial charge in [0.2, 0.25) is 0 Å². The summed E-state index contributed by atoms with van der Waals surface area (Å²) in [5.41, 5.74) is 3.57. The van der Waals surface area contributed by atoms with Gasteiger partial charge in [-0.2, -0.15) is 0 Å². The minimum Gasteiger partial charge on any atom is -0.126 e. The summed E-state index contributed by atoms with van der Waals surface area (Å²) in [7, 11) is 0. The predicted octanol–water partition coefficient (Wildman–Crippen LogP) is 5.87. The van der Waals surface area contributed by atoms with Crippen molar-refractivity contribution in [1.82, 2.24) is 0 Å². The molecule has 0 fully saturated rings. The highest BCUT2D eigenvalue weighted by atomic mass is 35.5. The third-order valence-corrected chi connectivity index (χ3v) is 4.18. The second-order valence-electron chi connectivity index (χ2n) is 4.70. The lowest BCUT2D eigenvalue weighted by Crippen LogP contribution is -2.05. The molecule has 1 unspecified atom stereocenters. The van der Waals surface area contributed by atoms with E-state index in [-0.39, 0.29) is 5.92 Å². The zero-order chi connectivity index (χ0) is 13.8. The molecule has 0 saturated heterocycles. The SMILES string of the molecule is Cc1ccc(C(CCl)Cc2ccc(Cl)cc2Cl)cc1. The van der Waals surface area contributed by atoms with Gasteiger partial charge in [-0.1, -0.05) is 59.1 Å². The Bertz CT molecular complexity index is 546. The Morgan fingerprint density at radius 1 is 1.00 bits per heavy atom. The molecule has 0 amide bonds. The molecule has 0 saturated carbocycles. The predicted molar refractivity (Wildman–Crippen MR) is 84.8 cm³/mol. The molecule has 0 bridgehead atoms. The smallest absolute Gasteiger partial charge is 0.0453 e. The minimum absolute atomic E-state index is 0.265. The van der Waals surface area contributed by atoms with Crippen molar-refractivity contribution in [1.29, 1.82) is 0 Å². The first-order valence-corrected chi connectivity index (χ1v) is 7.45. The first-order chi connectivity index (χ1) is 9.10. The molecule has 100 valence electrons. The van der Waals surface area contributed by atoms with Gasteiger partial charge in [-0.25, -0.2) is 0 Å². The average Bonchev–Trinajstić information content (AvgIpc) is 2.39. The molecule has 3 heteroatoms. The standard InChI is InChI=1S/C16H15Cl3/c1-11-2-4-12(5-3-11)14(10-17)8-13-6-7-15(18)9-16(13)19/h2-7,9,14H,8,10H2,1H3. The number of alkyl halides is 1. The normalized spacial score (nSPS) is 12.4. The van der Waals surface area contributed by atoms with Crippen molar-refractivity contribution in [3.05, 3.63) is 69.2 Å². The first-order valence-electron chi connectivity index (χ1n) is 6.16. The third kappa shape index (κ3) is 3.89. The van der Waals surface area contributed by atoms with E-state index in [0.717, 1.165) is 12.0 Å². The van der Waals surface area contributed by atoms with E-state index in [1.54, 1.807) is 6.07 Å². The molecular weight excluding hydrogens is 299 g/mol. The van der Waals surface area contributed by atoms with Crippen LogP contribution in [0.1, 0.15) is 22.6 Å². The quantitative estimate of drug-likeness (QED) is 0.619. The Morgan fingerprint density at radius 3 is 2.26 bits per heavy atom. The van der Waals surface area contributed by atoms with Crippen LogP contribution in [0.4, 0.5) is 0 Å². The van der Waals surface area contributed by atoms with Crippen molar-refractivity contribution in [3.8, 4) is 0 Å². The molecule has 0 radical (unpaired) electrons. The highest BCUT2D eigenvalue weighted by molar-refractivity contribution is 6.35. The Labute approximate surface area is 129 Å². The second-order valence-corrected chi connectivity index (χ2v) is 5.85. The summed E-state index contributed by atoms with van der Waals surface area (Å²) in [4.78, 5) is 0. The summed E-state index contributed by atoms with van der Waals surface area (Å²) in [5, 5.41) is 1.36. The van der Waals surface area contributed by atoms with Crippen molar-refractivity contribution in [2.45, 2.75) is 19.3 Å². The summed E-state index contributed by atoms with van der Waals surface area (Å²) in [6, 6.07) is 14.1. The van der Waals surface area contributed by atoms with Gasteiger partial charge >= 0.3 is 0 Å². The van der Waals surface area contributed by atoms with E-state index >= 15 is 0 Å². The topological polar surface area (TPSA) is 0 Å². The molecule has 0 aliphatic carbocycles. The van der Waals surface area contributed by atoms with Crippen LogP contribution < -0.4 is 0 Å². The monoisotopic (exact) mass is 312 g/mol. The van der Waals surface area contributed by atoms with Crippen molar-refractivity contribution in [3.63, 3.8) is 0 Å². The highest BCUT2D eigenvalue weighted by Crippen LogP contribution is 2.28. The molecule has 0 aliphatic rings. The lowest BCUT2D eigenvalue weighted by Gasteiger charge is -2.16. The van der Waals surface area contributed by atoms with Gasteiger partial charge < -0.3 is 0 Å². The molecule has 0 aliphatic heterocycles. The van der Waals surface area contributed by atoms with Crippen molar-refractivity contribution < 1.29 is 0 Å². The van der Waals surface area contributed by atoms with Crippen LogP contribution in [0, 0.1) is 6.92 Å². The second kappa shape index (κ2) is 6.65. The maximum absolute atomic E-state index is 6.22. The van der Waals surface area contributed by atoms with Gasteiger partial charge in [0.1, 0.15) is 0 Å². The molecule has 2 rings (SSSR count). The van der Waals surface area contributed by atoms with Crippen LogP contribution in [0.5, 0.6) is 0 Å². The lowest BCUT2D eigenvalue weighted by molar-refractivity contribution is 0.766. The minimum atomic E-state index is 0.265. The molecule has 2 aromatic rings. The molecule has 0 heterocycles. The van der Waals surface area contributed by atoms with Crippen LogP contribution in [0.3, 0.4) is 0 Å². The Morgan fingerprint density at radius 2 is 1.68 bits per heavy atom. The van der Waals surface area contributed by atoms with Crippen molar-refractivity contribution >= 4 is 34.8 Å². The maximum Gasteiger partial charge on any atom is 0.0453 e. The van der Waals surface area contributed by atoms with E-state index < -0.39 is 0 Å². The van der Waals surface area contributed by atoms with Gasteiger partial charge in [-0.15, -0.1) is 11.6 Å². The summed E-state index contributed by atoms with van der Waals surface area (Å²) < 4.78 is 0. The van der Waals surface area contributed by atoms with Crippen LogP contribution in [-0.4, -0.2) is 5.88 Å². The van der Waals surface area contributed by atoms with Gasteiger partial charge in [0.25, 0.3) is 0 Å².